The third-order valence-electron chi connectivity index (χ3n) is 1.47. The highest BCUT2D eigenvalue weighted by Gasteiger charge is 2.28. The van der Waals surface area contributed by atoms with Crippen LogP contribution in [-0.2, 0) is 10.0 Å². The lowest BCUT2D eigenvalue weighted by molar-refractivity contribution is -0.388. The van der Waals surface area contributed by atoms with E-state index in [0.29, 0.717) is 0 Å². The Labute approximate surface area is 92.2 Å². The number of rotatable bonds is 2. The molecule has 82 valence electrons. The lowest BCUT2D eigenvalue weighted by Crippen LogP contribution is -2.16. The number of sulfonamides is 1. The molecule has 0 fully saturated rings. The number of halogens is 2. The van der Waals surface area contributed by atoms with Crippen molar-refractivity contribution >= 4 is 31.6 Å². The van der Waals surface area contributed by atoms with E-state index in [1.54, 1.807) is 0 Å². The van der Waals surface area contributed by atoms with Crippen molar-refractivity contribution in [3.05, 3.63) is 32.5 Å². The molecule has 0 spiro atoms. The first-order chi connectivity index (χ1) is 6.73. The second kappa shape index (κ2) is 3.83. The van der Waals surface area contributed by atoms with Crippen LogP contribution in [0.3, 0.4) is 0 Å². The summed E-state index contributed by atoms with van der Waals surface area (Å²) in [4.78, 5) is 8.34. The molecule has 0 aliphatic carbocycles. The van der Waals surface area contributed by atoms with Gasteiger partial charge in [-0.25, -0.2) is 17.9 Å². The first-order valence-electron chi connectivity index (χ1n) is 3.39. The van der Waals surface area contributed by atoms with Crippen molar-refractivity contribution in [2.75, 3.05) is 0 Å². The van der Waals surface area contributed by atoms with E-state index in [4.69, 9.17) is 0 Å². The van der Waals surface area contributed by atoms with Gasteiger partial charge in [0.15, 0.2) is 10.7 Å². The van der Waals surface area contributed by atoms with Gasteiger partial charge in [0.05, 0.1) is 4.92 Å². The maximum Gasteiger partial charge on any atom is 0.293 e. The van der Waals surface area contributed by atoms with Gasteiger partial charge in [-0.3, -0.25) is 10.1 Å². The molecule has 1 aromatic carbocycles. The van der Waals surface area contributed by atoms with Crippen LogP contribution in [0, 0.1) is 15.9 Å². The van der Waals surface area contributed by atoms with Gasteiger partial charge in [0.25, 0.3) is 5.69 Å². The molecule has 6 nitrogen and oxygen atoms in total. The number of benzene rings is 1. The molecule has 0 aromatic heterocycles. The van der Waals surface area contributed by atoms with Gasteiger partial charge in [-0.2, -0.15) is 0 Å². The van der Waals surface area contributed by atoms with Gasteiger partial charge in [-0.15, -0.1) is 0 Å². The third-order valence-corrected chi connectivity index (χ3v) is 2.90. The zero-order valence-corrected chi connectivity index (χ0v) is 9.38. The summed E-state index contributed by atoms with van der Waals surface area (Å²) in [6.07, 6.45) is 0. The molecular weight excluding hydrogens is 295 g/mol. The summed E-state index contributed by atoms with van der Waals surface area (Å²) in [5.41, 5.74) is -0.899. The molecule has 0 heterocycles. The van der Waals surface area contributed by atoms with Crippen LogP contribution in [0.4, 0.5) is 10.1 Å². The highest BCUT2D eigenvalue weighted by atomic mass is 79.9. The number of nitro benzene ring substituents is 1. The molecule has 0 saturated heterocycles. The predicted molar refractivity (Wildman–Crippen MR) is 52.1 cm³/mol. The molecule has 0 amide bonds. The second-order valence-corrected chi connectivity index (χ2v) is 4.95. The van der Waals surface area contributed by atoms with Crippen LogP contribution in [0.5, 0.6) is 0 Å². The van der Waals surface area contributed by atoms with Gasteiger partial charge in [-0.1, -0.05) is 15.9 Å². The summed E-state index contributed by atoms with van der Waals surface area (Å²) in [6.45, 7) is 0. The largest absolute Gasteiger partial charge is 0.293 e. The highest BCUT2D eigenvalue weighted by Crippen LogP contribution is 2.29. The van der Waals surface area contributed by atoms with Crippen LogP contribution < -0.4 is 5.14 Å². The molecule has 15 heavy (non-hydrogen) atoms. The summed E-state index contributed by atoms with van der Waals surface area (Å²) >= 11 is 2.80. The minimum absolute atomic E-state index is 0.0547. The number of nitrogens with zero attached hydrogens (tertiary/aromatic N) is 1. The van der Waals surface area contributed by atoms with E-state index in [9.17, 15) is 22.9 Å². The van der Waals surface area contributed by atoms with Gasteiger partial charge >= 0.3 is 0 Å². The zero-order valence-electron chi connectivity index (χ0n) is 6.98. The third kappa shape index (κ3) is 2.49. The van der Waals surface area contributed by atoms with Gasteiger partial charge < -0.3 is 0 Å². The van der Waals surface area contributed by atoms with Gasteiger partial charge in [0, 0.05) is 10.5 Å². The summed E-state index contributed by atoms with van der Waals surface area (Å²) in [7, 11) is -4.46. The number of primary sulfonamides is 1. The Bertz CT molecular complexity index is 530. The fourth-order valence-corrected chi connectivity index (χ4v) is 2.14. The average molecular weight is 299 g/mol. The lowest BCUT2D eigenvalue weighted by Gasteiger charge is -2.02. The standard InChI is InChI=1S/C6H4BrFN2O4S/c7-3-1-4(8)6(15(9,13)14)5(2-3)10(11)12/h1-2H,(H2,9,13,14). The average Bonchev–Trinajstić information content (AvgIpc) is 1.99. The quantitative estimate of drug-likeness (QED) is 0.653. The fraction of sp³-hybridized carbons (Fsp3) is 0. The van der Waals surface area contributed by atoms with E-state index in [-0.39, 0.29) is 4.47 Å². The van der Waals surface area contributed by atoms with E-state index in [0.717, 1.165) is 12.1 Å². The fourth-order valence-electron chi connectivity index (χ4n) is 0.964. The Balaban J connectivity index is 3.70. The molecular formula is C6H4BrFN2O4S. The second-order valence-electron chi connectivity index (χ2n) is 2.54. The minimum Gasteiger partial charge on any atom is -0.258 e. The molecule has 1 rings (SSSR count). The molecule has 0 aliphatic heterocycles. The van der Waals surface area contributed by atoms with Crippen molar-refractivity contribution in [2.24, 2.45) is 5.14 Å². The Hall–Kier alpha value is -1.06. The number of hydrogen-bond donors (Lipinski definition) is 1. The van der Waals surface area contributed by atoms with Gasteiger partial charge in [-0.05, 0) is 6.07 Å². The summed E-state index contributed by atoms with van der Waals surface area (Å²) in [5.74, 6) is -1.27. The number of hydrogen-bond acceptors (Lipinski definition) is 4. The normalized spacial score (nSPS) is 11.4. The smallest absolute Gasteiger partial charge is 0.258 e. The van der Waals surface area contributed by atoms with Crippen molar-refractivity contribution in [3.63, 3.8) is 0 Å². The van der Waals surface area contributed by atoms with Gasteiger partial charge in [0.1, 0.15) is 0 Å². The molecule has 2 N–H and O–H groups in total. The monoisotopic (exact) mass is 298 g/mol. The van der Waals surface area contributed by atoms with Crippen LogP contribution >= 0.6 is 15.9 Å². The first-order valence-corrected chi connectivity index (χ1v) is 5.73. The Morgan fingerprint density at radius 2 is 2.00 bits per heavy atom. The van der Waals surface area contributed by atoms with E-state index in [2.05, 4.69) is 21.1 Å². The molecule has 0 atom stereocenters. The van der Waals surface area contributed by atoms with Crippen LogP contribution in [0.1, 0.15) is 0 Å². The Kier molecular flexibility index (Phi) is 3.07. The maximum atomic E-state index is 13.2. The molecule has 0 saturated carbocycles. The number of nitrogens with two attached hydrogens (primary N) is 1. The van der Waals surface area contributed by atoms with Crippen molar-refractivity contribution in [1.82, 2.24) is 0 Å². The van der Waals surface area contributed by atoms with Crippen molar-refractivity contribution < 1.29 is 17.7 Å². The molecule has 0 bridgehead atoms. The van der Waals surface area contributed by atoms with E-state index in [1.807, 2.05) is 0 Å². The van der Waals surface area contributed by atoms with Crippen LogP contribution in [0.2, 0.25) is 0 Å². The van der Waals surface area contributed by atoms with Crippen LogP contribution in [-0.4, -0.2) is 13.3 Å². The molecule has 0 radical (unpaired) electrons. The zero-order chi connectivity index (χ0) is 11.8. The Morgan fingerprint density at radius 3 is 2.40 bits per heavy atom. The van der Waals surface area contributed by atoms with Crippen LogP contribution in [0.15, 0.2) is 21.5 Å². The Morgan fingerprint density at radius 1 is 1.47 bits per heavy atom. The van der Waals surface area contributed by atoms with Gasteiger partial charge in [0.2, 0.25) is 10.0 Å². The topological polar surface area (TPSA) is 103 Å². The van der Waals surface area contributed by atoms with Crippen LogP contribution in [0.25, 0.3) is 0 Å². The lowest BCUT2D eigenvalue weighted by atomic mass is 10.3. The number of nitro groups is 1. The van der Waals surface area contributed by atoms with Crippen molar-refractivity contribution in [2.45, 2.75) is 4.90 Å². The molecule has 0 aliphatic rings. The molecule has 0 unspecified atom stereocenters. The molecule has 1 aromatic rings. The maximum absolute atomic E-state index is 13.2. The first kappa shape index (κ1) is 12.0. The minimum atomic E-state index is -4.46. The van der Waals surface area contributed by atoms with Crippen molar-refractivity contribution in [1.29, 1.82) is 0 Å². The van der Waals surface area contributed by atoms with Crippen molar-refractivity contribution in [3.8, 4) is 0 Å². The summed E-state index contributed by atoms with van der Waals surface area (Å²) in [5, 5.41) is 15.1. The molecule has 9 heteroatoms. The van der Waals surface area contributed by atoms with E-state index in [1.165, 1.54) is 0 Å². The van der Waals surface area contributed by atoms with E-state index >= 15 is 0 Å². The SMILES string of the molecule is NS(=O)(=O)c1c(F)cc(Br)cc1[N+](=O)[O-]. The highest BCUT2D eigenvalue weighted by molar-refractivity contribution is 9.10. The predicted octanol–water partition coefficient (Wildman–Crippen LogP) is 1.14. The van der Waals surface area contributed by atoms with E-state index < -0.39 is 31.3 Å². The summed E-state index contributed by atoms with van der Waals surface area (Å²) in [6, 6.07) is 1.65. The summed E-state index contributed by atoms with van der Waals surface area (Å²) < 4.78 is 35.0.